The first kappa shape index (κ1) is 21.0. The number of benzene rings is 1. The number of aromatic hydroxyl groups is 1. The van der Waals surface area contributed by atoms with Crippen molar-refractivity contribution in [1.82, 2.24) is 10.2 Å². The number of carboxylic acids is 1. The van der Waals surface area contributed by atoms with Crippen LogP contribution in [0.15, 0.2) is 24.3 Å². The van der Waals surface area contributed by atoms with E-state index in [1.165, 1.54) is 40.9 Å². The molecular weight excluding hydrogens is 553 g/mol. The van der Waals surface area contributed by atoms with E-state index in [9.17, 15) is 24.6 Å². The first-order valence-electron chi connectivity index (χ1n) is 7.71. The normalized spacial score (nSPS) is 27.0. The van der Waals surface area contributed by atoms with Gasteiger partial charge in [0, 0.05) is 4.75 Å². The Balaban J connectivity index is 0.00000243. The fourth-order valence-corrected chi connectivity index (χ4v) is 4.85. The molecular formula is C16H21N3O5PbS. The van der Waals surface area contributed by atoms with Crippen LogP contribution in [0, 0.1) is 0 Å². The first-order chi connectivity index (χ1) is 11.6. The van der Waals surface area contributed by atoms with Gasteiger partial charge in [0.2, 0.25) is 11.8 Å². The van der Waals surface area contributed by atoms with E-state index in [0.717, 1.165) is 0 Å². The minimum absolute atomic E-state index is 0. The van der Waals surface area contributed by atoms with Crippen LogP contribution in [0.4, 0.5) is 0 Å². The predicted octanol–water partition coefficient (Wildman–Crippen LogP) is -0.892. The van der Waals surface area contributed by atoms with Crippen molar-refractivity contribution in [3.63, 3.8) is 0 Å². The van der Waals surface area contributed by atoms with Crippen LogP contribution < -0.4 is 11.1 Å². The van der Waals surface area contributed by atoms with E-state index >= 15 is 0 Å². The summed E-state index contributed by atoms with van der Waals surface area (Å²) in [6, 6.07) is 3.21. The molecule has 2 radical (unpaired) electrons. The number of nitrogens with one attached hydrogen (secondary N) is 1. The van der Waals surface area contributed by atoms with Crippen LogP contribution >= 0.6 is 11.8 Å². The quantitative estimate of drug-likeness (QED) is 0.271. The van der Waals surface area contributed by atoms with E-state index in [4.69, 9.17) is 5.73 Å². The van der Waals surface area contributed by atoms with Crippen LogP contribution in [0.2, 0.25) is 0 Å². The summed E-state index contributed by atoms with van der Waals surface area (Å²) in [5.41, 5.74) is 6.41. The Morgan fingerprint density at radius 1 is 1.31 bits per heavy atom. The molecule has 0 spiro atoms. The van der Waals surface area contributed by atoms with Gasteiger partial charge >= 0.3 is 33.3 Å². The number of carbonyl (C=O) groups is 3. The van der Waals surface area contributed by atoms with Gasteiger partial charge in [-0.05, 0) is 31.5 Å². The number of thioether (sulfide) groups is 1. The molecule has 10 heteroatoms. The fraction of sp³-hybridized carbons (Fsp3) is 0.438. The number of carboxylic acid groups (broad SMARTS) is 1. The monoisotopic (exact) mass is 575 g/mol. The summed E-state index contributed by atoms with van der Waals surface area (Å²) < 4.78 is -0.648. The number of rotatable bonds is 4. The van der Waals surface area contributed by atoms with Gasteiger partial charge in [-0.25, -0.2) is 4.79 Å². The summed E-state index contributed by atoms with van der Waals surface area (Å²) in [7, 11) is 0. The van der Waals surface area contributed by atoms with E-state index in [2.05, 4.69) is 5.32 Å². The number of nitrogens with zero attached hydrogens (tertiary/aromatic N) is 1. The third kappa shape index (κ3) is 3.43. The third-order valence-electron chi connectivity index (χ3n) is 4.51. The Hall–Kier alpha value is -1.34. The summed E-state index contributed by atoms with van der Waals surface area (Å²) in [5, 5.41) is 20.9. The predicted molar refractivity (Wildman–Crippen MR) is 99.2 cm³/mol. The summed E-state index contributed by atoms with van der Waals surface area (Å²) in [5.74, 6) is -1.94. The molecule has 5 N–H and O–H groups in total. The van der Waals surface area contributed by atoms with Gasteiger partial charge in [0.15, 0.2) is 0 Å². The molecule has 3 rings (SSSR count). The molecule has 4 atom stereocenters. The molecule has 2 heterocycles. The second-order valence-corrected chi connectivity index (χ2v) is 8.42. The Labute approximate surface area is 174 Å². The van der Waals surface area contributed by atoms with Crippen LogP contribution in [-0.4, -0.2) is 82.4 Å². The molecule has 1 aromatic rings. The number of aliphatic carboxylic acids is 1. The molecule has 0 bridgehead atoms. The second kappa shape index (κ2) is 7.35. The van der Waals surface area contributed by atoms with Crippen LogP contribution in [0.3, 0.4) is 0 Å². The molecule has 8 nitrogen and oxygen atoms in total. The average molecular weight is 575 g/mol. The fourth-order valence-electron chi connectivity index (χ4n) is 3.22. The zero-order valence-electron chi connectivity index (χ0n) is 14.4. The van der Waals surface area contributed by atoms with Crippen LogP contribution in [0.5, 0.6) is 5.75 Å². The Morgan fingerprint density at radius 3 is 2.42 bits per heavy atom. The number of β-lactam (4-membered cyclic amide) rings is 1. The number of hydrogen-bond acceptors (Lipinski definition) is 6. The van der Waals surface area contributed by atoms with Crippen molar-refractivity contribution in [3.8, 4) is 5.75 Å². The van der Waals surface area contributed by atoms with E-state index < -0.39 is 46.0 Å². The number of phenols is 1. The summed E-state index contributed by atoms with van der Waals surface area (Å²) >= 11 is 1.35. The van der Waals surface area contributed by atoms with E-state index in [0.29, 0.717) is 5.56 Å². The second-order valence-electron chi connectivity index (χ2n) is 6.65. The van der Waals surface area contributed by atoms with Crippen LogP contribution in [0.1, 0.15) is 25.5 Å². The van der Waals surface area contributed by atoms with Crippen molar-refractivity contribution in [2.75, 3.05) is 0 Å². The zero-order chi connectivity index (χ0) is 18.5. The summed E-state index contributed by atoms with van der Waals surface area (Å²) in [6.45, 7) is 3.53. The van der Waals surface area contributed by atoms with E-state index in [1.807, 2.05) is 0 Å². The van der Waals surface area contributed by atoms with Gasteiger partial charge in [-0.2, -0.15) is 0 Å². The first-order valence-corrected chi connectivity index (χ1v) is 8.59. The molecule has 26 heavy (non-hydrogen) atoms. The average Bonchev–Trinajstić information content (AvgIpc) is 2.80. The molecule has 2 fully saturated rings. The van der Waals surface area contributed by atoms with Crippen molar-refractivity contribution < 1.29 is 24.6 Å². The van der Waals surface area contributed by atoms with Gasteiger partial charge in [-0.3, -0.25) is 9.59 Å². The molecule has 2 saturated heterocycles. The number of nitrogens with two attached hydrogens (primary N) is 1. The maximum absolute atomic E-state index is 12.3. The third-order valence-corrected chi connectivity index (χ3v) is 6.08. The number of phenolic OH excluding ortho intramolecular Hbond substituents is 1. The number of carbonyl (C=O) groups excluding carboxylic acids is 2. The van der Waals surface area contributed by atoms with Gasteiger partial charge < -0.3 is 26.2 Å². The molecule has 140 valence electrons. The number of amides is 2. The van der Waals surface area contributed by atoms with Gasteiger partial charge in [0.25, 0.3) is 0 Å². The zero-order valence-corrected chi connectivity index (χ0v) is 20.7. The maximum atomic E-state index is 12.3. The van der Waals surface area contributed by atoms with E-state index in [-0.39, 0.29) is 33.0 Å². The molecule has 0 aliphatic carbocycles. The molecule has 2 amide bonds. The Kier molecular flexibility index (Phi) is 5.93. The van der Waals surface area contributed by atoms with Crippen molar-refractivity contribution in [2.45, 2.75) is 42.1 Å². The topological polar surface area (TPSA) is 133 Å². The van der Waals surface area contributed by atoms with Crippen molar-refractivity contribution in [3.05, 3.63) is 29.8 Å². The van der Waals surface area contributed by atoms with Crippen molar-refractivity contribution in [2.24, 2.45) is 5.73 Å². The Morgan fingerprint density at radius 2 is 1.88 bits per heavy atom. The van der Waals surface area contributed by atoms with Crippen LogP contribution in [-0.2, 0) is 14.4 Å². The number of fused-ring (bicyclic) bond motifs is 1. The molecule has 2 aliphatic rings. The van der Waals surface area contributed by atoms with E-state index in [1.54, 1.807) is 13.8 Å². The standard InChI is InChI=1S/C16H19N3O5S.Pb.2H/c1-16(2)11(15(23)24)19-13(22)10(14(19)25-16)18-12(21)9(17)7-3-5-8(20)6-4-7;;;/h3-6,9-11,14,20H,17H2,1-2H3,(H,18,21)(H,23,24);;;/t9-,10-,11+,14-;;;/m1.../s1. The number of hydrogen-bond donors (Lipinski definition) is 4. The Bertz CT molecular complexity index is 742. The molecule has 1 aromatic carbocycles. The van der Waals surface area contributed by atoms with Gasteiger partial charge in [-0.15, -0.1) is 11.8 Å². The van der Waals surface area contributed by atoms with Crippen LogP contribution in [0.25, 0.3) is 0 Å². The molecule has 0 unspecified atom stereocenters. The van der Waals surface area contributed by atoms with Gasteiger partial charge in [0.05, 0.1) is 0 Å². The SMILES string of the molecule is CC1(C)S[C@@H]2[C@H](NC(=O)[C@H](N)c3ccc(O)cc3)C(=O)N2[C@H]1C(=O)O.[PbH2]. The summed E-state index contributed by atoms with van der Waals surface area (Å²) in [4.78, 5) is 37.5. The van der Waals surface area contributed by atoms with Crippen molar-refractivity contribution >= 4 is 56.8 Å². The molecule has 0 saturated carbocycles. The summed E-state index contributed by atoms with van der Waals surface area (Å²) in [6.07, 6.45) is 0. The molecule has 0 aromatic heterocycles. The van der Waals surface area contributed by atoms with Crippen molar-refractivity contribution in [1.29, 1.82) is 0 Å². The minimum atomic E-state index is -1.06. The van der Waals surface area contributed by atoms with Gasteiger partial charge in [-0.1, -0.05) is 12.1 Å². The van der Waals surface area contributed by atoms with Gasteiger partial charge in [0.1, 0.15) is 29.2 Å². The molecule has 2 aliphatic heterocycles.